The number of benzene rings is 1. The van der Waals surface area contributed by atoms with Crippen molar-refractivity contribution >= 4 is 10.9 Å². The minimum absolute atomic E-state index is 0.227. The number of likely N-dealkylation sites (tertiary alicyclic amines) is 1. The average Bonchev–Trinajstić information content (AvgIpc) is 2.82. The van der Waals surface area contributed by atoms with Crippen LogP contribution in [0.5, 0.6) is 0 Å². The third kappa shape index (κ3) is 2.83. The van der Waals surface area contributed by atoms with E-state index in [1.165, 1.54) is 18.2 Å². The second-order valence-electron chi connectivity index (χ2n) is 5.69. The number of halogens is 1. The topological polar surface area (TPSA) is 76.6 Å². The number of nitrogens with one attached hydrogen (secondary N) is 1. The van der Waals surface area contributed by atoms with E-state index >= 15 is 0 Å². The van der Waals surface area contributed by atoms with Crippen LogP contribution in [0.1, 0.15) is 12.1 Å². The second kappa shape index (κ2) is 5.22. The van der Waals surface area contributed by atoms with Gasteiger partial charge in [0.15, 0.2) is 5.43 Å². The Kier molecular flexibility index (Phi) is 3.52. The quantitative estimate of drug-likeness (QED) is 0.774. The molecule has 2 heterocycles. The van der Waals surface area contributed by atoms with Crippen LogP contribution in [0.3, 0.4) is 0 Å². The number of H-pyrrole nitrogens is 1. The van der Waals surface area contributed by atoms with Crippen LogP contribution < -0.4 is 5.43 Å². The van der Waals surface area contributed by atoms with E-state index in [0.717, 1.165) is 0 Å². The number of hydrogen-bond acceptors (Lipinski definition) is 4. The Morgan fingerprint density at radius 3 is 2.90 bits per heavy atom. The summed E-state index contributed by atoms with van der Waals surface area (Å²) in [6.07, 6.45) is 0.506. The molecule has 2 aromatic rings. The molecule has 3 N–H and O–H groups in total. The van der Waals surface area contributed by atoms with Crippen molar-refractivity contribution in [2.45, 2.75) is 18.6 Å². The Hall–Kier alpha value is -1.76. The van der Waals surface area contributed by atoms with Gasteiger partial charge in [0.1, 0.15) is 11.4 Å². The molecule has 1 aliphatic heterocycles. The smallest absolute Gasteiger partial charge is 0.189 e. The molecule has 0 amide bonds. The fraction of sp³-hybridized carbons (Fsp3) is 0.400. The monoisotopic (exact) mass is 292 g/mol. The Bertz CT molecular complexity index is 730. The molecule has 21 heavy (non-hydrogen) atoms. The molecule has 0 radical (unpaired) electrons. The number of fused-ring (bicyclic) bond motifs is 1. The van der Waals surface area contributed by atoms with Crippen molar-refractivity contribution in [1.82, 2.24) is 9.88 Å². The SMILES string of the molecule is O=c1cc(CN2CCC(O)(CO)C2)[nH]c2ccc(F)cc12. The van der Waals surface area contributed by atoms with E-state index in [4.69, 9.17) is 5.11 Å². The first-order valence-corrected chi connectivity index (χ1v) is 6.86. The van der Waals surface area contributed by atoms with Crippen LogP contribution in [0.15, 0.2) is 29.1 Å². The number of aliphatic hydroxyl groups is 2. The normalized spacial score (nSPS) is 23.0. The van der Waals surface area contributed by atoms with Gasteiger partial charge in [0, 0.05) is 42.3 Å². The van der Waals surface area contributed by atoms with E-state index in [1.807, 2.05) is 4.90 Å². The lowest BCUT2D eigenvalue weighted by atomic mass is 10.1. The third-order valence-electron chi connectivity index (χ3n) is 3.95. The molecule has 1 aliphatic rings. The van der Waals surface area contributed by atoms with Crippen LogP contribution in [0, 0.1) is 5.82 Å². The summed E-state index contributed by atoms with van der Waals surface area (Å²) >= 11 is 0. The third-order valence-corrected chi connectivity index (χ3v) is 3.95. The number of hydrogen-bond donors (Lipinski definition) is 3. The fourth-order valence-corrected chi connectivity index (χ4v) is 2.81. The molecule has 1 aromatic heterocycles. The van der Waals surface area contributed by atoms with Gasteiger partial charge in [-0.3, -0.25) is 9.69 Å². The van der Waals surface area contributed by atoms with Crippen LogP contribution in [0.4, 0.5) is 4.39 Å². The van der Waals surface area contributed by atoms with Gasteiger partial charge in [0.2, 0.25) is 0 Å². The number of pyridine rings is 1. The first-order valence-electron chi connectivity index (χ1n) is 6.86. The highest BCUT2D eigenvalue weighted by Crippen LogP contribution is 2.22. The Morgan fingerprint density at radius 2 is 2.19 bits per heavy atom. The van der Waals surface area contributed by atoms with Gasteiger partial charge in [-0.1, -0.05) is 0 Å². The average molecular weight is 292 g/mol. The minimum atomic E-state index is -1.06. The molecule has 0 aliphatic carbocycles. The lowest BCUT2D eigenvalue weighted by molar-refractivity contribution is -0.00587. The predicted molar refractivity (Wildman–Crippen MR) is 76.5 cm³/mol. The molecule has 0 spiro atoms. The van der Waals surface area contributed by atoms with Crippen molar-refractivity contribution in [3.8, 4) is 0 Å². The molecule has 3 rings (SSSR count). The standard InChI is InChI=1S/C15H17FN2O3/c16-10-1-2-13-12(5-10)14(20)6-11(17-13)7-18-4-3-15(21,8-18)9-19/h1-2,5-6,19,21H,3-4,7-9H2,(H,17,20). The predicted octanol–water partition coefficient (Wildman–Crippen LogP) is 0.596. The lowest BCUT2D eigenvalue weighted by Crippen LogP contribution is -2.36. The molecule has 0 saturated carbocycles. The summed E-state index contributed by atoms with van der Waals surface area (Å²) in [5.41, 5.74) is 0.0203. The van der Waals surface area contributed by atoms with Crippen molar-refractivity contribution in [2.24, 2.45) is 0 Å². The van der Waals surface area contributed by atoms with Crippen molar-refractivity contribution in [3.05, 3.63) is 46.0 Å². The zero-order chi connectivity index (χ0) is 15.0. The summed E-state index contributed by atoms with van der Waals surface area (Å²) < 4.78 is 13.2. The molecule has 112 valence electrons. The van der Waals surface area contributed by atoms with Gasteiger partial charge < -0.3 is 15.2 Å². The highest BCUT2D eigenvalue weighted by atomic mass is 19.1. The van der Waals surface area contributed by atoms with Gasteiger partial charge in [-0.25, -0.2) is 4.39 Å². The molecule has 1 aromatic carbocycles. The van der Waals surface area contributed by atoms with Crippen LogP contribution in [0.2, 0.25) is 0 Å². The first-order chi connectivity index (χ1) is 9.99. The molecule has 1 saturated heterocycles. The summed E-state index contributed by atoms with van der Waals surface area (Å²) in [4.78, 5) is 17.1. The minimum Gasteiger partial charge on any atom is -0.393 e. The van der Waals surface area contributed by atoms with Crippen LogP contribution >= 0.6 is 0 Å². The number of rotatable bonds is 3. The van der Waals surface area contributed by atoms with Gasteiger partial charge in [0.25, 0.3) is 0 Å². The Labute approximate surface area is 120 Å². The summed E-state index contributed by atoms with van der Waals surface area (Å²) in [7, 11) is 0. The van der Waals surface area contributed by atoms with E-state index in [0.29, 0.717) is 42.7 Å². The molecule has 5 nitrogen and oxygen atoms in total. The van der Waals surface area contributed by atoms with Crippen LogP contribution in [-0.2, 0) is 6.54 Å². The molecular formula is C15H17FN2O3. The van der Waals surface area contributed by atoms with Crippen molar-refractivity contribution in [3.63, 3.8) is 0 Å². The maximum Gasteiger partial charge on any atom is 0.189 e. The molecule has 1 atom stereocenters. The molecule has 6 heteroatoms. The highest BCUT2D eigenvalue weighted by Gasteiger charge is 2.35. The highest BCUT2D eigenvalue weighted by molar-refractivity contribution is 5.78. The van der Waals surface area contributed by atoms with E-state index in [1.54, 1.807) is 6.07 Å². The maximum atomic E-state index is 13.2. The number of β-amino-alcohol motifs (C(OH)–C–C–N with tert-alkyl or cyclic N) is 1. The molecule has 1 fully saturated rings. The molecule has 0 bridgehead atoms. The Balaban J connectivity index is 1.86. The van der Waals surface area contributed by atoms with E-state index < -0.39 is 11.4 Å². The van der Waals surface area contributed by atoms with Crippen LogP contribution in [0.25, 0.3) is 10.9 Å². The van der Waals surface area contributed by atoms with Crippen molar-refractivity contribution < 1.29 is 14.6 Å². The molecule has 1 unspecified atom stereocenters. The van der Waals surface area contributed by atoms with Gasteiger partial charge in [-0.05, 0) is 24.6 Å². The van der Waals surface area contributed by atoms with Gasteiger partial charge in [-0.15, -0.1) is 0 Å². The van der Waals surface area contributed by atoms with Gasteiger partial charge >= 0.3 is 0 Å². The Morgan fingerprint density at radius 1 is 1.38 bits per heavy atom. The summed E-state index contributed by atoms with van der Waals surface area (Å²) in [5.74, 6) is -0.437. The van der Waals surface area contributed by atoms with Crippen molar-refractivity contribution in [2.75, 3.05) is 19.7 Å². The largest absolute Gasteiger partial charge is 0.393 e. The van der Waals surface area contributed by atoms with E-state index in [-0.39, 0.29) is 12.0 Å². The van der Waals surface area contributed by atoms with Crippen molar-refractivity contribution in [1.29, 1.82) is 0 Å². The fourth-order valence-electron chi connectivity index (χ4n) is 2.81. The number of aliphatic hydroxyl groups excluding tert-OH is 1. The number of aromatic nitrogens is 1. The van der Waals surface area contributed by atoms with E-state index in [2.05, 4.69) is 4.98 Å². The maximum absolute atomic E-state index is 13.2. The van der Waals surface area contributed by atoms with Gasteiger partial charge in [0.05, 0.1) is 6.61 Å². The van der Waals surface area contributed by atoms with Gasteiger partial charge in [-0.2, -0.15) is 0 Å². The molecular weight excluding hydrogens is 275 g/mol. The number of aromatic amines is 1. The zero-order valence-corrected chi connectivity index (χ0v) is 11.5. The lowest BCUT2D eigenvalue weighted by Gasteiger charge is -2.20. The van der Waals surface area contributed by atoms with Crippen LogP contribution in [-0.4, -0.2) is 45.4 Å². The summed E-state index contributed by atoms with van der Waals surface area (Å²) in [6.45, 7) is 1.23. The second-order valence-corrected chi connectivity index (χ2v) is 5.69. The van der Waals surface area contributed by atoms with E-state index in [9.17, 15) is 14.3 Å². The number of nitrogens with zero attached hydrogens (tertiary/aromatic N) is 1. The summed E-state index contributed by atoms with van der Waals surface area (Å²) in [6, 6.07) is 5.53. The first kappa shape index (κ1) is 14.2. The summed E-state index contributed by atoms with van der Waals surface area (Å²) in [5, 5.41) is 19.5. The zero-order valence-electron chi connectivity index (χ0n) is 11.5.